The number of nitrogens with one attached hydrogen (secondary N) is 1. The molecule has 13 heteroatoms. The number of esters is 2. The van der Waals surface area contributed by atoms with E-state index in [4.69, 9.17) is 18.4 Å². The van der Waals surface area contributed by atoms with Crippen LogP contribution in [-0.2, 0) is 50.3 Å². The molecule has 0 aliphatic carbocycles. The summed E-state index contributed by atoms with van der Waals surface area (Å²) in [5.74, 6) is -1.98. The lowest BCUT2D eigenvalue weighted by atomic mass is 10.1. The number of H-pyrrole nitrogens is 1. The first-order valence-electron chi connectivity index (χ1n) is 10.9. The van der Waals surface area contributed by atoms with Crippen LogP contribution in [0.15, 0.2) is 58.8 Å². The number of carbonyl (C=O) groups excluding carboxylic acids is 2. The minimum Gasteiger partial charge on any atom is -0.463 e. The van der Waals surface area contributed by atoms with Crippen LogP contribution in [0.4, 0.5) is 0 Å². The molecule has 1 fully saturated rings. The average molecular weight is 523 g/mol. The molecule has 4 atom stereocenters. The van der Waals surface area contributed by atoms with Gasteiger partial charge in [-0.1, -0.05) is 36.4 Å². The van der Waals surface area contributed by atoms with Crippen LogP contribution in [0.1, 0.15) is 31.2 Å². The van der Waals surface area contributed by atoms with E-state index in [9.17, 15) is 27.6 Å². The Morgan fingerprint density at radius 3 is 2.44 bits per heavy atom. The van der Waals surface area contributed by atoms with Crippen LogP contribution in [0.5, 0.6) is 0 Å². The van der Waals surface area contributed by atoms with Gasteiger partial charge in [-0.3, -0.25) is 28.1 Å². The summed E-state index contributed by atoms with van der Waals surface area (Å²) in [6.07, 6.45) is -2.81. The van der Waals surface area contributed by atoms with Crippen molar-refractivity contribution in [2.45, 2.75) is 50.6 Å². The smallest absolute Gasteiger partial charge is 0.330 e. The highest BCUT2D eigenvalue weighted by atomic mass is 32.2. The van der Waals surface area contributed by atoms with Gasteiger partial charge in [0.25, 0.3) is 15.7 Å². The molecular formula is C23H26N2O10S. The number of carbonyl (C=O) groups is 2. The lowest BCUT2D eigenvalue weighted by Gasteiger charge is -2.24. The van der Waals surface area contributed by atoms with E-state index < -0.39 is 70.2 Å². The maximum Gasteiger partial charge on any atom is 0.330 e. The van der Waals surface area contributed by atoms with Crippen LogP contribution in [0.25, 0.3) is 0 Å². The fourth-order valence-electron chi connectivity index (χ4n) is 3.70. The molecule has 0 bridgehead atoms. The molecule has 12 nitrogen and oxygen atoms in total. The average Bonchev–Trinajstić information content (AvgIpc) is 3.10. The van der Waals surface area contributed by atoms with E-state index in [1.807, 2.05) is 0 Å². The SMILES string of the molecule is C=CCc1cn([C@@H]2O[C@H](COC(C)=O)[C@H](OS(=O)(=O)Cc3ccccc3)[C@H]2OC(C)=O)c(=O)[nH]c1=O. The van der Waals surface area contributed by atoms with Crippen molar-refractivity contribution in [3.63, 3.8) is 0 Å². The molecule has 0 unspecified atom stereocenters. The number of benzene rings is 1. The second kappa shape index (κ2) is 11.5. The fraction of sp³-hybridized carbons (Fsp3) is 0.391. The number of hydrogen-bond donors (Lipinski definition) is 1. The maximum absolute atomic E-state index is 12.9. The van der Waals surface area contributed by atoms with E-state index in [1.165, 1.54) is 12.3 Å². The van der Waals surface area contributed by atoms with E-state index in [2.05, 4.69) is 11.6 Å². The molecule has 3 rings (SSSR count). The van der Waals surface area contributed by atoms with E-state index in [-0.39, 0.29) is 12.0 Å². The zero-order valence-electron chi connectivity index (χ0n) is 19.6. The topological polar surface area (TPSA) is 160 Å². The van der Waals surface area contributed by atoms with E-state index >= 15 is 0 Å². The summed E-state index contributed by atoms with van der Waals surface area (Å²) in [5.41, 5.74) is -0.936. The molecule has 0 spiro atoms. The molecule has 0 saturated carbocycles. The first kappa shape index (κ1) is 27.0. The van der Waals surface area contributed by atoms with Crippen molar-refractivity contribution >= 4 is 22.1 Å². The first-order chi connectivity index (χ1) is 17.0. The molecule has 36 heavy (non-hydrogen) atoms. The molecular weight excluding hydrogens is 496 g/mol. The normalized spacial score (nSPS) is 21.6. The van der Waals surface area contributed by atoms with Crippen molar-refractivity contribution < 1.29 is 36.4 Å². The van der Waals surface area contributed by atoms with Gasteiger partial charge in [0.1, 0.15) is 24.6 Å². The van der Waals surface area contributed by atoms with Crippen molar-refractivity contribution in [2.24, 2.45) is 0 Å². The van der Waals surface area contributed by atoms with E-state index in [0.29, 0.717) is 5.56 Å². The molecule has 1 aromatic heterocycles. The molecule has 1 N–H and O–H groups in total. The summed E-state index contributed by atoms with van der Waals surface area (Å²) >= 11 is 0. The van der Waals surface area contributed by atoms with Crippen LogP contribution < -0.4 is 11.2 Å². The summed E-state index contributed by atoms with van der Waals surface area (Å²) in [6, 6.07) is 8.23. The van der Waals surface area contributed by atoms with Crippen molar-refractivity contribution in [2.75, 3.05) is 6.61 Å². The third kappa shape index (κ3) is 6.77. The van der Waals surface area contributed by atoms with Gasteiger partial charge in [0.2, 0.25) is 0 Å². The predicted molar refractivity (Wildman–Crippen MR) is 125 cm³/mol. The van der Waals surface area contributed by atoms with Gasteiger partial charge in [0, 0.05) is 25.6 Å². The maximum atomic E-state index is 12.9. The van der Waals surface area contributed by atoms with Crippen molar-refractivity contribution in [1.29, 1.82) is 0 Å². The summed E-state index contributed by atoms with van der Waals surface area (Å²) in [6.45, 7) is 5.35. The quantitative estimate of drug-likeness (QED) is 0.265. The number of allylic oxidation sites excluding steroid dienone is 1. The molecule has 1 aromatic carbocycles. The number of ether oxygens (including phenoxy) is 3. The third-order valence-electron chi connectivity index (χ3n) is 5.16. The van der Waals surface area contributed by atoms with Crippen LogP contribution in [0.2, 0.25) is 0 Å². The monoisotopic (exact) mass is 522 g/mol. The fourth-order valence-corrected chi connectivity index (χ4v) is 4.94. The Kier molecular flexibility index (Phi) is 8.61. The molecule has 1 aliphatic heterocycles. The summed E-state index contributed by atoms with van der Waals surface area (Å²) in [5, 5.41) is 0. The minimum atomic E-state index is -4.27. The van der Waals surface area contributed by atoms with Gasteiger partial charge >= 0.3 is 17.6 Å². The predicted octanol–water partition coefficient (Wildman–Crippen LogP) is 0.573. The van der Waals surface area contributed by atoms with Gasteiger partial charge in [-0.2, -0.15) is 8.42 Å². The van der Waals surface area contributed by atoms with Crippen molar-refractivity contribution in [3.8, 4) is 0 Å². The minimum absolute atomic E-state index is 0.114. The lowest BCUT2D eigenvalue weighted by molar-refractivity contribution is -0.155. The number of nitrogens with zero attached hydrogens (tertiary/aromatic N) is 1. The Balaban J connectivity index is 2.03. The van der Waals surface area contributed by atoms with Crippen molar-refractivity contribution in [3.05, 3.63) is 81.1 Å². The zero-order chi connectivity index (χ0) is 26.5. The second-order valence-electron chi connectivity index (χ2n) is 8.00. The summed E-state index contributed by atoms with van der Waals surface area (Å²) in [4.78, 5) is 50.3. The van der Waals surface area contributed by atoms with Gasteiger partial charge < -0.3 is 14.2 Å². The van der Waals surface area contributed by atoms with E-state index in [1.54, 1.807) is 30.3 Å². The molecule has 1 saturated heterocycles. The molecule has 194 valence electrons. The molecule has 2 aromatic rings. The van der Waals surface area contributed by atoms with Gasteiger partial charge in [-0.05, 0) is 12.0 Å². The molecule has 2 heterocycles. The van der Waals surface area contributed by atoms with Crippen molar-refractivity contribution in [1.82, 2.24) is 9.55 Å². The van der Waals surface area contributed by atoms with Gasteiger partial charge in [0.05, 0.1) is 0 Å². The number of rotatable bonds is 10. The number of aromatic amines is 1. The summed E-state index contributed by atoms with van der Waals surface area (Å²) in [7, 11) is -4.27. The molecule has 0 radical (unpaired) electrons. The van der Waals surface area contributed by atoms with Crippen LogP contribution in [0.3, 0.4) is 0 Å². The lowest BCUT2D eigenvalue weighted by Crippen LogP contribution is -2.43. The molecule has 1 aliphatic rings. The highest BCUT2D eigenvalue weighted by Crippen LogP contribution is 2.35. The number of hydrogen-bond acceptors (Lipinski definition) is 10. The Morgan fingerprint density at radius 2 is 1.83 bits per heavy atom. The van der Waals surface area contributed by atoms with Crippen LogP contribution in [0, 0.1) is 0 Å². The van der Waals surface area contributed by atoms with Gasteiger partial charge in [0.15, 0.2) is 12.3 Å². The standard InChI is InChI=1S/C23H26N2O10S/c1-4-8-17-11-25(23(29)24-21(17)28)22-20(33-15(3)27)19(18(34-22)12-32-14(2)26)35-36(30,31)13-16-9-6-5-7-10-16/h4-7,9-11,18-20,22H,1,8,12-13H2,2-3H3,(H,24,28,29)/t18-,19+,20-,22-/m1/s1. The highest BCUT2D eigenvalue weighted by Gasteiger charge is 2.51. The third-order valence-corrected chi connectivity index (χ3v) is 6.36. The Labute approximate surface area is 206 Å². The first-order valence-corrected chi connectivity index (χ1v) is 12.4. The Bertz CT molecular complexity index is 1330. The number of aromatic nitrogens is 2. The van der Waals surface area contributed by atoms with E-state index in [0.717, 1.165) is 18.4 Å². The highest BCUT2D eigenvalue weighted by molar-refractivity contribution is 7.85. The zero-order valence-corrected chi connectivity index (χ0v) is 20.4. The van der Waals surface area contributed by atoms with Crippen LogP contribution >= 0.6 is 0 Å². The largest absolute Gasteiger partial charge is 0.463 e. The van der Waals surface area contributed by atoms with Gasteiger partial charge in [-0.15, -0.1) is 6.58 Å². The van der Waals surface area contributed by atoms with Crippen LogP contribution in [-0.4, -0.2) is 54.8 Å². The Hall–Kier alpha value is -3.55. The molecule has 0 amide bonds. The van der Waals surface area contributed by atoms with Gasteiger partial charge in [-0.25, -0.2) is 4.79 Å². The second-order valence-corrected chi connectivity index (χ2v) is 9.60. The Morgan fingerprint density at radius 1 is 1.14 bits per heavy atom. The summed E-state index contributed by atoms with van der Waals surface area (Å²) < 4.78 is 48.4.